The van der Waals surface area contributed by atoms with Crippen LogP contribution in [0.15, 0.2) is 45.9 Å². The van der Waals surface area contributed by atoms with Crippen molar-refractivity contribution >= 4 is 40.4 Å². The Kier molecular flexibility index (Phi) is 6.76. The van der Waals surface area contributed by atoms with Gasteiger partial charge in [0.2, 0.25) is 0 Å². The van der Waals surface area contributed by atoms with Gasteiger partial charge in [-0.2, -0.15) is 5.10 Å². The molecule has 0 aliphatic heterocycles. The number of carbonyl (C=O) groups is 1. The molecule has 9 nitrogen and oxygen atoms in total. The lowest BCUT2D eigenvalue weighted by Crippen LogP contribution is -2.16. The van der Waals surface area contributed by atoms with Gasteiger partial charge in [0.25, 0.3) is 5.69 Å². The maximum atomic E-state index is 12.4. The van der Waals surface area contributed by atoms with Gasteiger partial charge >= 0.3 is 5.91 Å². The van der Waals surface area contributed by atoms with Crippen LogP contribution in [0.1, 0.15) is 36.4 Å². The predicted octanol–water partition coefficient (Wildman–Crippen LogP) is 4.94. The zero-order valence-electron chi connectivity index (χ0n) is 17.0. The van der Waals surface area contributed by atoms with Crippen molar-refractivity contribution in [1.29, 1.82) is 0 Å². The number of carbonyl (C=O) groups excluding carboxylic acids is 1. The Morgan fingerprint density at radius 2 is 2.10 bits per heavy atom. The molecule has 1 amide bonds. The second-order valence-electron chi connectivity index (χ2n) is 6.66. The normalized spacial score (nSPS) is 12.1. The summed E-state index contributed by atoms with van der Waals surface area (Å²) in [4.78, 5) is 22.9. The molecular formula is C21H20ClN3O6. The van der Waals surface area contributed by atoms with Crippen molar-refractivity contribution in [2.75, 3.05) is 7.11 Å². The molecule has 1 atom stereocenters. The summed E-state index contributed by atoms with van der Waals surface area (Å²) in [7, 11) is 1.36. The molecule has 1 aromatic heterocycles. The van der Waals surface area contributed by atoms with E-state index in [0.29, 0.717) is 21.7 Å². The van der Waals surface area contributed by atoms with Crippen molar-refractivity contribution in [3.05, 3.63) is 62.9 Å². The van der Waals surface area contributed by atoms with E-state index in [2.05, 4.69) is 10.5 Å². The number of methoxy groups -OCH3 is 1. The van der Waals surface area contributed by atoms with Crippen LogP contribution in [-0.2, 0) is 0 Å². The zero-order valence-corrected chi connectivity index (χ0v) is 17.8. The third-order valence-corrected chi connectivity index (χ3v) is 4.76. The summed E-state index contributed by atoms with van der Waals surface area (Å²) >= 11 is 6.23. The number of nitro groups is 1. The Hall–Kier alpha value is -3.59. The summed E-state index contributed by atoms with van der Waals surface area (Å²) in [6.45, 7) is 3.97. The summed E-state index contributed by atoms with van der Waals surface area (Å²) < 4.78 is 16.3. The minimum absolute atomic E-state index is 0.0418. The number of rotatable bonds is 8. The molecule has 0 aliphatic rings. The van der Waals surface area contributed by atoms with E-state index in [1.54, 1.807) is 18.2 Å². The Bertz CT molecular complexity index is 1160. The number of benzene rings is 2. The van der Waals surface area contributed by atoms with Crippen LogP contribution in [0, 0.1) is 10.1 Å². The molecule has 3 aromatic rings. The number of furan rings is 1. The van der Waals surface area contributed by atoms with Crippen molar-refractivity contribution in [3.63, 3.8) is 0 Å². The van der Waals surface area contributed by atoms with Crippen LogP contribution in [-0.4, -0.2) is 30.3 Å². The molecule has 0 spiro atoms. The topological polar surface area (TPSA) is 116 Å². The predicted molar refractivity (Wildman–Crippen MR) is 116 cm³/mol. The van der Waals surface area contributed by atoms with Crippen molar-refractivity contribution in [3.8, 4) is 11.5 Å². The summed E-state index contributed by atoms with van der Waals surface area (Å²) in [5.41, 5.74) is 3.06. The number of fused-ring (bicyclic) bond motifs is 1. The maximum absolute atomic E-state index is 12.4. The van der Waals surface area contributed by atoms with E-state index in [1.165, 1.54) is 31.5 Å². The molecule has 0 fully saturated rings. The number of nitro benzene ring substituents is 1. The van der Waals surface area contributed by atoms with E-state index in [1.807, 2.05) is 13.8 Å². The minimum Gasteiger partial charge on any atom is -0.493 e. The minimum atomic E-state index is -0.625. The quantitative estimate of drug-likeness (QED) is 0.298. The number of ether oxygens (including phenoxy) is 2. The fourth-order valence-electron chi connectivity index (χ4n) is 2.69. The fourth-order valence-corrected chi connectivity index (χ4v) is 2.92. The van der Waals surface area contributed by atoms with Gasteiger partial charge in [0.05, 0.1) is 35.4 Å². The second kappa shape index (κ2) is 9.48. The van der Waals surface area contributed by atoms with Gasteiger partial charge in [0.1, 0.15) is 5.75 Å². The Morgan fingerprint density at radius 1 is 1.32 bits per heavy atom. The van der Waals surface area contributed by atoms with Gasteiger partial charge in [0, 0.05) is 11.5 Å². The molecule has 0 aliphatic carbocycles. The van der Waals surface area contributed by atoms with Crippen LogP contribution in [0.5, 0.6) is 11.5 Å². The summed E-state index contributed by atoms with van der Waals surface area (Å²) in [5, 5.41) is 15.7. The SMILES string of the molecule is CC[C@@H](C)Oc1ccc(/C=N\NC(=O)c2cc3cc([N+](=O)[O-])cc(OC)c3o2)cc1Cl. The van der Waals surface area contributed by atoms with Crippen molar-refractivity contribution < 1.29 is 23.6 Å². The van der Waals surface area contributed by atoms with E-state index in [4.69, 9.17) is 25.5 Å². The van der Waals surface area contributed by atoms with Gasteiger partial charge in [-0.1, -0.05) is 18.5 Å². The first kappa shape index (κ1) is 22.1. The van der Waals surface area contributed by atoms with Crippen LogP contribution in [0.4, 0.5) is 5.69 Å². The molecule has 0 bridgehead atoms. The molecule has 2 aromatic carbocycles. The van der Waals surface area contributed by atoms with Gasteiger partial charge in [-0.05, 0) is 43.2 Å². The number of halogens is 1. The number of hydrogen-bond donors (Lipinski definition) is 1. The average Bonchev–Trinajstić information content (AvgIpc) is 3.19. The smallest absolute Gasteiger partial charge is 0.307 e. The Labute approximate surface area is 182 Å². The first-order valence-corrected chi connectivity index (χ1v) is 9.75. The van der Waals surface area contributed by atoms with Gasteiger partial charge in [-0.25, -0.2) is 5.43 Å². The molecule has 1 N–H and O–H groups in total. The first-order valence-electron chi connectivity index (χ1n) is 9.38. The highest BCUT2D eigenvalue weighted by Crippen LogP contribution is 2.33. The van der Waals surface area contributed by atoms with Crippen LogP contribution in [0.2, 0.25) is 5.02 Å². The molecule has 31 heavy (non-hydrogen) atoms. The molecular weight excluding hydrogens is 426 g/mol. The largest absolute Gasteiger partial charge is 0.493 e. The van der Waals surface area contributed by atoms with Crippen LogP contribution < -0.4 is 14.9 Å². The number of amides is 1. The van der Waals surface area contributed by atoms with Crippen molar-refractivity contribution in [2.24, 2.45) is 5.10 Å². The molecule has 0 unspecified atom stereocenters. The second-order valence-corrected chi connectivity index (χ2v) is 7.07. The standard InChI is InChI=1S/C21H20ClN3O6/c1-4-12(2)30-17-6-5-13(7-16(17)22)11-23-24-21(26)19-9-14-8-15(25(27)28)10-18(29-3)20(14)31-19/h5-12H,4H2,1-3H3,(H,24,26)/b23-11-/t12-/m1/s1. The highest BCUT2D eigenvalue weighted by molar-refractivity contribution is 6.32. The number of non-ortho nitro benzene ring substituents is 1. The highest BCUT2D eigenvalue weighted by Gasteiger charge is 2.19. The van der Waals surface area contributed by atoms with Crippen LogP contribution in [0.3, 0.4) is 0 Å². The summed E-state index contributed by atoms with van der Waals surface area (Å²) in [6, 6.07) is 9.06. The van der Waals surface area contributed by atoms with Crippen molar-refractivity contribution in [2.45, 2.75) is 26.4 Å². The van der Waals surface area contributed by atoms with Crippen LogP contribution >= 0.6 is 11.6 Å². The molecule has 0 radical (unpaired) electrons. The zero-order chi connectivity index (χ0) is 22.5. The maximum Gasteiger partial charge on any atom is 0.307 e. The lowest BCUT2D eigenvalue weighted by Gasteiger charge is -2.13. The van der Waals surface area contributed by atoms with Crippen molar-refractivity contribution in [1.82, 2.24) is 5.43 Å². The average molecular weight is 446 g/mol. The Balaban J connectivity index is 1.73. The fraction of sp³-hybridized carbons (Fsp3) is 0.238. The third-order valence-electron chi connectivity index (χ3n) is 4.46. The van der Waals surface area contributed by atoms with E-state index in [-0.39, 0.29) is 28.9 Å². The number of hydrogen-bond acceptors (Lipinski definition) is 7. The first-order chi connectivity index (χ1) is 14.8. The van der Waals surface area contributed by atoms with E-state index < -0.39 is 10.8 Å². The number of hydrazone groups is 1. The highest BCUT2D eigenvalue weighted by atomic mass is 35.5. The molecule has 10 heteroatoms. The van der Waals surface area contributed by atoms with Crippen LogP contribution in [0.25, 0.3) is 11.0 Å². The lowest BCUT2D eigenvalue weighted by atomic mass is 10.2. The third kappa shape index (κ3) is 5.13. The molecule has 162 valence electrons. The lowest BCUT2D eigenvalue weighted by molar-refractivity contribution is -0.384. The van der Waals surface area contributed by atoms with Gasteiger partial charge in [-0.3, -0.25) is 14.9 Å². The number of nitrogens with zero attached hydrogens (tertiary/aromatic N) is 2. The van der Waals surface area contributed by atoms with E-state index >= 15 is 0 Å². The van der Waals surface area contributed by atoms with E-state index in [0.717, 1.165) is 6.42 Å². The summed E-state index contributed by atoms with van der Waals surface area (Å²) in [5.74, 6) is 0.0323. The molecule has 0 saturated heterocycles. The van der Waals surface area contributed by atoms with Gasteiger partial charge < -0.3 is 13.9 Å². The summed E-state index contributed by atoms with van der Waals surface area (Å²) in [6.07, 6.45) is 2.32. The van der Waals surface area contributed by atoms with Gasteiger partial charge in [-0.15, -0.1) is 0 Å². The number of nitrogens with one attached hydrogen (secondary N) is 1. The molecule has 3 rings (SSSR count). The molecule has 0 saturated carbocycles. The molecule has 1 heterocycles. The Morgan fingerprint density at radius 3 is 2.74 bits per heavy atom. The van der Waals surface area contributed by atoms with E-state index in [9.17, 15) is 14.9 Å². The van der Waals surface area contributed by atoms with Gasteiger partial charge in [0.15, 0.2) is 17.1 Å². The monoisotopic (exact) mass is 445 g/mol.